The molecule has 1 aromatic carbocycles. The van der Waals surface area contributed by atoms with E-state index in [9.17, 15) is 9.18 Å². The first-order valence-electron chi connectivity index (χ1n) is 8.40. The molecule has 5 nitrogen and oxygen atoms in total. The summed E-state index contributed by atoms with van der Waals surface area (Å²) in [5, 5.41) is 11.7. The average molecular weight is 425 g/mol. The number of hydrogen-bond acceptors (Lipinski definition) is 4. The van der Waals surface area contributed by atoms with Gasteiger partial charge in [0, 0.05) is 16.4 Å². The maximum absolute atomic E-state index is 13.9. The Kier molecular flexibility index (Phi) is 4.58. The van der Waals surface area contributed by atoms with Crippen molar-refractivity contribution in [3.63, 3.8) is 0 Å². The van der Waals surface area contributed by atoms with Crippen LogP contribution in [0.15, 0.2) is 27.8 Å². The quantitative estimate of drug-likeness (QED) is 0.692. The van der Waals surface area contributed by atoms with Crippen LogP contribution >= 0.6 is 27.7 Å². The SMILES string of the molecule is CC(Sc1nnc(C2CC2)n1C1CC1)C(=O)Nc1ccc(Br)cc1F. The Morgan fingerprint density at radius 2 is 2.12 bits per heavy atom. The molecule has 0 saturated heterocycles. The molecular weight excluding hydrogens is 407 g/mol. The summed E-state index contributed by atoms with van der Waals surface area (Å²) in [5.74, 6) is 0.890. The Hall–Kier alpha value is -1.41. The second-order valence-corrected chi connectivity index (χ2v) is 8.81. The van der Waals surface area contributed by atoms with Gasteiger partial charge in [-0.05, 0) is 50.8 Å². The molecule has 1 heterocycles. The van der Waals surface area contributed by atoms with Gasteiger partial charge in [0.05, 0.1) is 10.9 Å². The van der Waals surface area contributed by atoms with Crippen molar-refractivity contribution in [3.8, 4) is 0 Å². The summed E-state index contributed by atoms with van der Waals surface area (Å²) in [4.78, 5) is 12.4. The minimum atomic E-state index is -0.461. The molecule has 0 radical (unpaired) electrons. The molecule has 2 aliphatic rings. The average Bonchev–Trinajstić information content (AvgIpc) is 3.49. The summed E-state index contributed by atoms with van der Waals surface area (Å²) in [7, 11) is 0. The van der Waals surface area contributed by atoms with Gasteiger partial charge >= 0.3 is 0 Å². The van der Waals surface area contributed by atoms with E-state index < -0.39 is 11.1 Å². The van der Waals surface area contributed by atoms with Gasteiger partial charge in [-0.3, -0.25) is 4.79 Å². The summed E-state index contributed by atoms with van der Waals surface area (Å²) in [6, 6.07) is 5.06. The van der Waals surface area contributed by atoms with Gasteiger partial charge in [-0.1, -0.05) is 27.7 Å². The second kappa shape index (κ2) is 6.72. The van der Waals surface area contributed by atoms with Crippen LogP contribution in [0.25, 0.3) is 0 Å². The second-order valence-electron chi connectivity index (χ2n) is 6.59. The van der Waals surface area contributed by atoms with Crippen LogP contribution in [0.2, 0.25) is 0 Å². The molecule has 8 heteroatoms. The Balaban J connectivity index is 1.46. The summed E-state index contributed by atoms with van der Waals surface area (Å²) in [6.07, 6.45) is 4.65. The van der Waals surface area contributed by atoms with E-state index in [0.29, 0.717) is 16.4 Å². The highest BCUT2D eigenvalue weighted by Gasteiger charge is 2.37. The molecule has 1 amide bonds. The van der Waals surface area contributed by atoms with Crippen molar-refractivity contribution in [2.24, 2.45) is 0 Å². The molecule has 4 rings (SSSR count). The van der Waals surface area contributed by atoms with Crippen LogP contribution in [0.1, 0.15) is 50.4 Å². The van der Waals surface area contributed by atoms with Gasteiger partial charge in [-0.2, -0.15) is 0 Å². The number of amides is 1. The molecule has 1 aromatic heterocycles. The zero-order valence-corrected chi connectivity index (χ0v) is 16.1. The fourth-order valence-corrected chi connectivity index (χ4v) is 3.96. The van der Waals surface area contributed by atoms with E-state index in [1.165, 1.54) is 30.7 Å². The number of carbonyl (C=O) groups excluding carboxylic acids is 1. The molecule has 0 aliphatic heterocycles. The van der Waals surface area contributed by atoms with Crippen LogP contribution < -0.4 is 5.32 Å². The molecule has 1 N–H and O–H groups in total. The largest absolute Gasteiger partial charge is 0.323 e. The minimum absolute atomic E-state index is 0.183. The van der Waals surface area contributed by atoms with Crippen LogP contribution in [0.5, 0.6) is 0 Å². The molecule has 0 bridgehead atoms. The smallest absolute Gasteiger partial charge is 0.237 e. The standard InChI is InChI=1S/C17H18BrFN4OS/c1-9(16(24)20-14-7-4-11(18)8-13(14)19)25-17-22-21-15(10-2-3-10)23(17)12-5-6-12/h4,7-10,12H,2-3,5-6H2,1H3,(H,20,24). The highest BCUT2D eigenvalue weighted by atomic mass is 79.9. The molecule has 0 spiro atoms. The fourth-order valence-electron chi connectivity index (χ4n) is 2.70. The highest BCUT2D eigenvalue weighted by molar-refractivity contribution is 9.10. The van der Waals surface area contributed by atoms with Crippen molar-refractivity contribution in [1.29, 1.82) is 0 Å². The van der Waals surface area contributed by atoms with Gasteiger partial charge in [0.2, 0.25) is 5.91 Å². The number of nitrogens with zero attached hydrogens (tertiary/aromatic N) is 3. The Bertz CT molecular complexity index is 819. The Morgan fingerprint density at radius 3 is 2.76 bits per heavy atom. The number of anilines is 1. The number of thioether (sulfide) groups is 1. The highest BCUT2D eigenvalue weighted by Crippen LogP contribution is 2.46. The monoisotopic (exact) mass is 424 g/mol. The molecule has 2 saturated carbocycles. The number of halogens is 2. The molecule has 132 valence electrons. The number of rotatable bonds is 6. The van der Waals surface area contributed by atoms with Crippen molar-refractivity contribution < 1.29 is 9.18 Å². The number of carbonyl (C=O) groups is 1. The maximum Gasteiger partial charge on any atom is 0.237 e. The van der Waals surface area contributed by atoms with E-state index in [2.05, 4.69) is 36.0 Å². The summed E-state index contributed by atoms with van der Waals surface area (Å²) in [5.41, 5.74) is 0.183. The zero-order chi connectivity index (χ0) is 17.6. The third kappa shape index (κ3) is 3.74. The molecule has 2 fully saturated rings. The van der Waals surface area contributed by atoms with Gasteiger partial charge in [0.25, 0.3) is 0 Å². The van der Waals surface area contributed by atoms with Crippen molar-refractivity contribution >= 4 is 39.3 Å². The van der Waals surface area contributed by atoms with Gasteiger partial charge in [-0.15, -0.1) is 10.2 Å². The first-order valence-corrected chi connectivity index (χ1v) is 10.1. The molecule has 1 atom stereocenters. The van der Waals surface area contributed by atoms with Crippen molar-refractivity contribution in [3.05, 3.63) is 34.3 Å². The van der Waals surface area contributed by atoms with Crippen LogP contribution in [0, 0.1) is 5.82 Å². The van der Waals surface area contributed by atoms with E-state index in [1.54, 1.807) is 19.1 Å². The van der Waals surface area contributed by atoms with Crippen LogP contribution in [-0.2, 0) is 4.79 Å². The zero-order valence-electron chi connectivity index (χ0n) is 13.7. The van der Waals surface area contributed by atoms with Gasteiger partial charge in [0.1, 0.15) is 11.6 Å². The van der Waals surface area contributed by atoms with E-state index in [-0.39, 0.29) is 11.6 Å². The molecular formula is C17H18BrFN4OS. The first kappa shape index (κ1) is 17.0. The third-order valence-corrected chi connectivity index (χ3v) is 5.94. The van der Waals surface area contributed by atoms with Crippen molar-refractivity contribution in [2.45, 2.75) is 55.0 Å². The molecule has 1 unspecified atom stereocenters. The van der Waals surface area contributed by atoms with E-state index in [4.69, 9.17) is 0 Å². The fraction of sp³-hybridized carbons (Fsp3) is 0.471. The third-order valence-electron chi connectivity index (χ3n) is 4.39. The summed E-state index contributed by atoms with van der Waals surface area (Å²) >= 11 is 4.59. The summed E-state index contributed by atoms with van der Waals surface area (Å²) in [6.45, 7) is 1.81. The van der Waals surface area contributed by atoms with E-state index in [1.807, 2.05) is 0 Å². The normalized spacial score (nSPS) is 18.2. The van der Waals surface area contributed by atoms with Crippen molar-refractivity contribution in [2.75, 3.05) is 5.32 Å². The Labute approximate surface area is 157 Å². The van der Waals surface area contributed by atoms with E-state index in [0.717, 1.165) is 23.8 Å². The lowest BCUT2D eigenvalue weighted by atomic mass is 10.3. The maximum atomic E-state index is 13.9. The predicted octanol–water partition coefficient (Wildman–Crippen LogP) is 4.51. The number of hydrogen-bond donors (Lipinski definition) is 1. The lowest BCUT2D eigenvalue weighted by Crippen LogP contribution is -2.23. The topological polar surface area (TPSA) is 59.8 Å². The first-order chi connectivity index (χ1) is 12.0. The lowest BCUT2D eigenvalue weighted by Gasteiger charge is -2.13. The van der Waals surface area contributed by atoms with E-state index >= 15 is 0 Å². The van der Waals surface area contributed by atoms with Crippen LogP contribution in [0.4, 0.5) is 10.1 Å². The summed E-state index contributed by atoms with van der Waals surface area (Å²) < 4.78 is 16.7. The molecule has 2 aliphatic carbocycles. The van der Waals surface area contributed by atoms with Gasteiger partial charge < -0.3 is 9.88 Å². The number of nitrogens with one attached hydrogen (secondary N) is 1. The van der Waals surface area contributed by atoms with Crippen molar-refractivity contribution in [1.82, 2.24) is 14.8 Å². The van der Waals surface area contributed by atoms with Gasteiger partial charge in [0.15, 0.2) is 5.16 Å². The number of benzene rings is 1. The molecule has 25 heavy (non-hydrogen) atoms. The van der Waals surface area contributed by atoms with Crippen LogP contribution in [0.3, 0.4) is 0 Å². The Morgan fingerprint density at radius 1 is 1.36 bits per heavy atom. The van der Waals surface area contributed by atoms with Crippen LogP contribution in [-0.4, -0.2) is 25.9 Å². The lowest BCUT2D eigenvalue weighted by molar-refractivity contribution is -0.115. The number of aromatic nitrogens is 3. The van der Waals surface area contributed by atoms with Gasteiger partial charge in [-0.25, -0.2) is 4.39 Å². The molecule has 2 aromatic rings. The predicted molar refractivity (Wildman–Crippen MR) is 98.3 cm³/mol. The minimum Gasteiger partial charge on any atom is -0.323 e.